The minimum absolute atomic E-state index is 0. The van der Waals surface area contributed by atoms with Crippen molar-refractivity contribution in [3.05, 3.63) is 72.2 Å². The van der Waals surface area contributed by atoms with E-state index in [9.17, 15) is 9.18 Å². The van der Waals surface area contributed by atoms with E-state index in [1.807, 2.05) is 12.1 Å². The van der Waals surface area contributed by atoms with Gasteiger partial charge >= 0.3 is 0 Å². The lowest BCUT2D eigenvalue weighted by Crippen LogP contribution is -2.56. The summed E-state index contributed by atoms with van der Waals surface area (Å²) >= 11 is 0. The van der Waals surface area contributed by atoms with Crippen molar-refractivity contribution >= 4 is 18.3 Å². The third kappa shape index (κ3) is 7.35. The SMILES string of the molecule is C=N/C=C\C(=NCC(=O)NCC[N+]1(C)CCCC[C@@H]1C)c1ccc(Oc2ccc(F)cc2)cc1.[HH]. The van der Waals surface area contributed by atoms with Crippen LogP contribution >= 0.6 is 0 Å². The number of allylic oxidation sites excluding steroid dienone is 1. The molecule has 182 valence electrons. The standard InChI is InChI=1S/C27H33FN4O2.H2/c1-21-6-4-5-18-32(21,3)19-17-30-27(33)20-31-26(15-16-29-2)22-7-11-24(12-8-22)34-25-13-9-23(28)10-14-25;/h7-16,21H,2,4-6,17-20H2,1,3H3;1H/p+1/b16-15-,31-26?;/t21-,32?;/m0./s1. The summed E-state index contributed by atoms with van der Waals surface area (Å²) in [6.07, 6.45) is 7.06. The first-order valence-corrected chi connectivity index (χ1v) is 11.7. The van der Waals surface area contributed by atoms with Crippen molar-refractivity contribution in [2.24, 2.45) is 9.98 Å². The van der Waals surface area contributed by atoms with Gasteiger partial charge in [-0.25, -0.2) is 4.39 Å². The molecule has 1 N–H and O–H groups in total. The monoisotopic (exact) mass is 467 g/mol. The average Bonchev–Trinajstić information content (AvgIpc) is 2.83. The van der Waals surface area contributed by atoms with E-state index in [4.69, 9.17) is 4.74 Å². The van der Waals surface area contributed by atoms with E-state index in [1.165, 1.54) is 37.9 Å². The smallest absolute Gasteiger partial charge is 0.241 e. The number of halogens is 1. The van der Waals surface area contributed by atoms with Crippen LogP contribution in [0.1, 0.15) is 33.2 Å². The molecule has 0 radical (unpaired) electrons. The summed E-state index contributed by atoms with van der Waals surface area (Å²) < 4.78 is 19.8. The van der Waals surface area contributed by atoms with Gasteiger partial charge in [-0.05, 0) is 93.1 Å². The van der Waals surface area contributed by atoms with E-state index >= 15 is 0 Å². The molecule has 7 heteroatoms. The van der Waals surface area contributed by atoms with Crippen LogP contribution in [0.3, 0.4) is 0 Å². The topological polar surface area (TPSA) is 63.0 Å². The van der Waals surface area contributed by atoms with Gasteiger partial charge in [-0.1, -0.05) is 0 Å². The van der Waals surface area contributed by atoms with Gasteiger partial charge in [0.1, 0.15) is 23.9 Å². The molecule has 2 aromatic carbocycles. The van der Waals surface area contributed by atoms with Crippen LogP contribution in [0.5, 0.6) is 11.5 Å². The summed E-state index contributed by atoms with van der Waals surface area (Å²) in [5, 5.41) is 3.01. The maximum Gasteiger partial charge on any atom is 0.241 e. The number of hydrogen-bond donors (Lipinski definition) is 1. The number of amides is 1. The number of likely N-dealkylation sites (N-methyl/N-ethyl adjacent to an activating group) is 1. The molecule has 6 nitrogen and oxygen atoms in total. The normalized spacial score (nSPS) is 20.8. The Morgan fingerprint density at radius 1 is 1.21 bits per heavy atom. The Bertz CT molecular complexity index is 1020. The molecule has 2 atom stereocenters. The fraction of sp³-hybridized carbons (Fsp3) is 0.370. The van der Waals surface area contributed by atoms with Crippen LogP contribution in [0.25, 0.3) is 0 Å². The van der Waals surface area contributed by atoms with E-state index in [-0.39, 0.29) is 19.7 Å². The molecule has 0 aliphatic carbocycles. The number of aliphatic imine (C=N–C) groups is 2. The van der Waals surface area contributed by atoms with Crippen LogP contribution in [0.15, 0.2) is 70.8 Å². The second-order valence-corrected chi connectivity index (χ2v) is 8.90. The number of piperidine rings is 1. The second-order valence-electron chi connectivity index (χ2n) is 8.90. The van der Waals surface area contributed by atoms with Gasteiger partial charge in [0.25, 0.3) is 0 Å². The van der Waals surface area contributed by atoms with Crippen LogP contribution in [-0.2, 0) is 4.79 Å². The lowest BCUT2D eigenvalue weighted by molar-refractivity contribution is -0.935. The molecule has 1 amide bonds. The van der Waals surface area contributed by atoms with Crippen molar-refractivity contribution in [1.29, 1.82) is 0 Å². The molecule has 0 bridgehead atoms. The molecule has 1 heterocycles. The van der Waals surface area contributed by atoms with Gasteiger partial charge in [-0.2, -0.15) is 0 Å². The van der Waals surface area contributed by atoms with E-state index < -0.39 is 0 Å². The predicted molar refractivity (Wildman–Crippen MR) is 137 cm³/mol. The molecular formula is C27H36FN4O2+. The largest absolute Gasteiger partial charge is 0.457 e. The van der Waals surface area contributed by atoms with Crippen molar-refractivity contribution < 1.29 is 19.8 Å². The van der Waals surface area contributed by atoms with E-state index in [1.54, 1.807) is 36.5 Å². The molecule has 0 spiro atoms. The molecule has 3 rings (SSSR count). The lowest BCUT2D eigenvalue weighted by atomic mass is 10.0. The zero-order valence-corrected chi connectivity index (χ0v) is 20.0. The molecule has 1 unspecified atom stereocenters. The maximum absolute atomic E-state index is 13.1. The van der Waals surface area contributed by atoms with Crippen molar-refractivity contribution in [3.8, 4) is 11.5 Å². The van der Waals surface area contributed by atoms with E-state index in [0.29, 0.717) is 29.8 Å². The van der Waals surface area contributed by atoms with Gasteiger partial charge in [0.05, 0.1) is 38.4 Å². The van der Waals surface area contributed by atoms with Crippen molar-refractivity contribution in [3.63, 3.8) is 0 Å². The van der Waals surface area contributed by atoms with Crippen LogP contribution < -0.4 is 10.1 Å². The zero-order valence-electron chi connectivity index (χ0n) is 20.0. The third-order valence-electron chi connectivity index (χ3n) is 6.48. The number of quaternary nitrogens is 1. The molecule has 2 aromatic rings. The van der Waals surface area contributed by atoms with Gasteiger partial charge in [-0.3, -0.25) is 14.8 Å². The Morgan fingerprint density at radius 3 is 2.53 bits per heavy atom. The highest BCUT2D eigenvalue weighted by Crippen LogP contribution is 2.23. The zero-order chi connectivity index (χ0) is 24.4. The van der Waals surface area contributed by atoms with Crippen molar-refractivity contribution in [2.45, 2.75) is 32.2 Å². The Labute approximate surface area is 203 Å². The number of nitrogens with one attached hydrogen (secondary N) is 1. The summed E-state index contributed by atoms with van der Waals surface area (Å²) in [5.74, 6) is 0.740. The number of nitrogens with zero attached hydrogens (tertiary/aromatic N) is 3. The number of ether oxygens (including phenoxy) is 1. The van der Waals surface area contributed by atoms with E-state index in [2.05, 4.69) is 36.0 Å². The fourth-order valence-corrected chi connectivity index (χ4v) is 4.14. The van der Waals surface area contributed by atoms with Gasteiger partial charge < -0.3 is 14.5 Å². The third-order valence-corrected chi connectivity index (χ3v) is 6.48. The first kappa shape index (κ1) is 25.3. The summed E-state index contributed by atoms with van der Waals surface area (Å²) in [4.78, 5) is 20.7. The highest BCUT2D eigenvalue weighted by molar-refractivity contribution is 6.09. The number of carbonyl (C=O) groups excluding carboxylic acids is 1. The molecule has 1 aliphatic heterocycles. The highest BCUT2D eigenvalue weighted by atomic mass is 19.1. The molecule has 0 aromatic heterocycles. The average molecular weight is 468 g/mol. The van der Waals surface area contributed by atoms with Gasteiger partial charge in [0.2, 0.25) is 5.91 Å². The second kappa shape index (κ2) is 12.2. The number of carbonyl (C=O) groups is 1. The Balaban J connectivity index is 0.00000432. The minimum Gasteiger partial charge on any atom is -0.457 e. The Kier molecular flexibility index (Phi) is 9.10. The Hall–Kier alpha value is -3.32. The van der Waals surface area contributed by atoms with Crippen LogP contribution in [-0.4, -0.2) is 62.1 Å². The summed E-state index contributed by atoms with van der Waals surface area (Å²) in [6.45, 7) is 8.54. The van der Waals surface area contributed by atoms with Gasteiger partial charge in [0.15, 0.2) is 0 Å². The Morgan fingerprint density at radius 2 is 1.88 bits per heavy atom. The summed E-state index contributed by atoms with van der Waals surface area (Å²) in [6, 6.07) is 13.8. The number of likely N-dealkylation sites (tertiary alicyclic amines) is 1. The lowest BCUT2D eigenvalue weighted by Gasteiger charge is -2.43. The molecule has 34 heavy (non-hydrogen) atoms. The number of benzene rings is 2. The minimum atomic E-state index is -0.313. The summed E-state index contributed by atoms with van der Waals surface area (Å²) in [5.41, 5.74) is 1.44. The fourth-order valence-electron chi connectivity index (χ4n) is 4.14. The van der Waals surface area contributed by atoms with Crippen molar-refractivity contribution in [2.75, 3.05) is 33.2 Å². The first-order valence-electron chi connectivity index (χ1n) is 11.7. The highest BCUT2D eigenvalue weighted by Gasteiger charge is 2.31. The van der Waals surface area contributed by atoms with E-state index in [0.717, 1.165) is 16.6 Å². The maximum atomic E-state index is 13.1. The van der Waals surface area contributed by atoms with Crippen LogP contribution in [0, 0.1) is 5.82 Å². The first-order chi connectivity index (χ1) is 16.4. The quantitative estimate of drug-likeness (QED) is 0.395. The van der Waals surface area contributed by atoms with Crippen molar-refractivity contribution in [1.82, 2.24) is 5.32 Å². The van der Waals surface area contributed by atoms with Gasteiger partial charge in [0, 0.05) is 7.63 Å². The summed E-state index contributed by atoms with van der Waals surface area (Å²) in [7, 11) is 2.28. The molecule has 1 saturated heterocycles. The van der Waals surface area contributed by atoms with Crippen LogP contribution in [0.2, 0.25) is 0 Å². The molecule has 1 fully saturated rings. The number of rotatable bonds is 10. The molecule has 1 aliphatic rings. The van der Waals surface area contributed by atoms with Crippen LogP contribution in [0.4, 0.5) is 4.39 Å². The number of hydrogen-bond acceptors (Lipinski definition) is 4. The molecular weight excluding hydrogens is 431 g/mol. The predicted octanol–water partition coefficient (Wildman–Crippen LogP) is 5.00. The molecule has 0 saturated carbocycles. The van der Waals surface area contributed by atoms with Gasteiger partial charge in [-0.15, -0.1) is 0 Å².